The van der Waals surface area contributed by atoms with Crippen molar-refractivity contribution in [1.29, 1.82) is 0 Å². The van der Waals surface area contributed by atoms with Crippen molar-refractivity contribution in [3.05, 3.63) is 64.1 Å². The maximum atomic E-state index is 14.0. The fourth-order valence-corrected chi connectivity index (χ4v) is 4.18. The summed E-state index contributed by atoms with van der Waals surface area (Å²) < 4.78 is 40.4. The Morgan fingerprint density at radius 1 is 1.04 bits per heavy atom. The van der Waals surface area contributed by atoms with Crippen molar-refractivity contribution in [2.45, 2.75) is 37.5 Å². The van der Waals surface area contributed by atoms with Crippen LogP contribution in [-0.4, -0.2) is 36.7 Å². The average Bonchev–Trinajstić information content (AvgIpc) is 3.14. The number of ether oxygens (including phenoxy) is 2. The molecule has 0 radical (unpaired) electrons. The molecule has 3 nitrogen and oxygen atoms in total. The summed E-state index contributed by atoms with van der Waals surface area (Å²) >= 11 is 3.43. The topological polar surface area (TPSA) is 21.7 Å². The van der Waals surface area contributed by atoms with Crippen LogP contribution in [0.5, 0.6) is 5.75 Å². The first-order chi connectivity index (χ1) is 13.1. The van der Waals surface area contributed by atoms with Crippen molar-refractivity contribution < 1.29 is 18.3 Å². The highest BCUT2D eigenvalue weighted by Crippen LogP contribution is 2.33. The van der Waals surface area contributed by atoms with Gasteiger partial charge in [-0.25, -0.2) is 8.78 Å². The number of halogens is 3. The van der Waals surface area contributed by atoms with E-state index in [0.29, 0.717) is 24.6 Å². The molecule has 0 bridgehead atoms. The Labute approximate surface area is 166 Å². The van der Waals surface area contributed by atoms with E-state index < -0.39 is 11.6 Å². The maximum Gasteiger partial charge on any atom is 0.129 e. The summed E-state index contributed by atoms with van der Waals surface area (Å²) in [6.07, 6.45) is 2.39. The normalized spacial score (nSPS) is 26.3. The summed E-state index contributed by atoms with van der Waals surface area (Å²) in [7, 11) is 0. The van der Waals surface area contributed by atoms with E-state index in [9.17, 15) is 8.78 Å². The first kappa shape index (κ1) is 18.8. The third-order valence-corrected chi connectivity index (χ3v) is 5.89. The molecule has 0 N–H and O–H groups in total. The summed E-state index contributed by atoms with van der Waals surface area (Å²) in [5, 5.41) is 0. The lowest BCUT2D eigenvalue weighted by Crippen LogP contribution is -2.41. The van der Waals surface area contributed by atoms with Crippen molar-refractivity contribution in [3.63, 3.8) is 0 Å². The van der Waals surface area contributed by atoms with Gasteiger partial charge in [-0.3, -0.25) is 4.90 Å². The lowest BCUT2D eigenvalue weighted by molar-refractivity contribution is -0.0361. The SMILES string of the molecule is Fc1ccc(F)c([C@@H]2CC[C@H](N3CC[C@H](Oc4ccc(Br)cc4)C3)CO2)c1. The number of hydrogen-bond donors (Lipinski definition) is 0. The average molecular weight is 438 g/mol. The zero-order valence-corrected chi connectivity index (χ0v) is 16.5. The molecule has 0 amide bonds. The lowest BCUT2D eigenvalue weighted by atomic mass is 9.98. The third-order valence-electron chi connectivity index (χ3n) is 5.37. The van der Waals surface area contributed by atoms with Crippen molar-refractivity contribution >= 4 is 15.9 Å². The van der Waals surface area contributed by atoms with Gasteiger partial charge in [0.1, 0.15) is 23.5 Å². The summed E-state index contributed by atoms with van der Waals surface area (Å²) in [6, 6.07) is 11.7. The van der Waals surface area contributed by atoms with Gasteiger partial charge < -0.3 is 9.47 Å². The standard InChI is InChI=1S/C21H22BrF2NO2/c22-14-1-5-17(6-2-14)27-18-9-10-25(12-18)16-4-8-21(26-13-16)19-11-15(23)3-7-20(19)24/h1-3,5-7,11,16,18,21H,4,8-10,12-13H2/t16-,18-,21-/m0/s1. The Balaban J connectivity index is 1.30. The minimum Gasteiger partial charge on any atom is -0.489 e. The van der Waals surface area contributed by atoms with Gasteiger partial charge in [0.15, 0.2) is 0 Å². The highest BCUT2D eigenvalue weighted by Gasteiger charge is 2.33. The monoisotopic (exact) mass is 437 g/mol. The van der Waals surface area contributed by atoms with Crippen molar-refractivity contribution in [1.82, 2.24) is 4.90 Å². The van der Waals surface area contributed by atoms with Gasteiger partial charge in [0.2, 0.25) is 0 Å². The van der Waals surface area contributed by atoms with Crippen LogP contribution in [0.2, 0.25) is 0 Å². The Bertz CT molecular complexity index is 778. The third kappa shape index (κ3) is 4.50. The van der Waals surface area contributed by atoms with E-state index in [-0.39, 0.29) is 12.2 Å². The first-order valence-corrected chi connectivity index (χ1v) is 10.1. The fourth-order valence-electron chi connectivity index (χ4n) is 3.92. The zero-order chi connectivity index (χ0) is 18.8. The van der Waals surface area contributed by atoms with E-state index in [4.69, 9.17) is 9.47 Å². The smallest absolute Gasteiger partial charge is 0.129 e. The van der Waals surface area contributed by atoms with E-state index in [1.807, 2.05) is 24.3 Å². The number of benzene rings is 2. The number of hydrogen-bond acceptors (Lipinski definition) is 3. The van der Waals surface area contributed by atoms with Gasteiger partial charge in [0.25, 0.3) is 0 Å². The summed E-state index contributed by atoms with van der Waals surface area (Å²) in [5.74, 6) is 0.0557. The van der Waals surface area contributed by atoms with Crippen LogP contribution in [0.3, 0.4) is 0 Å². The minimum absolute atomic E-state index is 0.171. The number of likely N-dealkylation sites (tertiary alicyclic amines) is 1. The second-order valence-electron chi connectivity index (χ2n) is 7.20. The largest absolute Gasteiger partial charge is 0.489 e. The fraction of sp³-hybridized carbons (Fsp3) is 0.429. The molecule has 2 heterocycles. The van der Waals surface area contributed by atoms with Crippen molar-refractivity contribution in [2.24, 2.45) is 0 Å². The van der Waals surface area contributed by atoms with Crippen molar-refractivity contribution in [3.8, 4) is 5.75 Å². The summed E-state index contributed by atoms with van der Waals surface area (Å²) in [4.78, 5) is 2.39. The van der Waals surface area contributed by atoms with Gasteiger partial charge in [0.05, 0.1) is 12.7 Å². The summed E-state index contributed by atoms with van der Waals surface area (Å²) in [6.45, 7) is 2.36. The second kappa shape index (κ2) is 8.25. The van der Waals surface area contributed by atoms with Crippen LogP contribution in [0.1, 0.15) is 30.9 Å². The van der Waals surface area contributed by atoms with Crippen LogP contribution in [0.25, 0.3) is 0 Å². The molecule has 2 aromatic carbocycles. The molecule has 0 aromatic heterocycles. The van der Waals surface area contributed by atoms with Gasteiger partial charge in [-0.05, 0) is 61.7 Å². The molecule has 2 aliphatic heterocycles. The van der Waals surface area contributed by atoms with Crippen LogP contribution in [-0.2, 0) is 4.74 Å². The predicted octanol–water partition coefficient (Wildman–Crippen LogP) is 5.10. The Hall–Kier alpha value is -1.50. The molecule has 2 saturated heterocycles. The molecule has 2 aromatic rings. The van der Waals surface area contributed by atoms with Crippen LogP contribution in [0.4, 0.5) is 8.78 Å². The maximum absolute atomic E-state index is 14.0. The quantitative estimate of drug-likeness (QED) is 0.663. The molecule has 27 heavy (non-hydrogen) atoms. The molecule has 2 fully saturated rings. The second-order valence-corrected chi connectivity index (χ2v) is 8.11. The molecule has 144 valence electrons. The highest BCUT2D eigenvalue weighted by atomic mass is 79.9. The molecule has 4 rings (SSSR count). The van der Waals surface area contributed by atoms with Gasteiger partial charge in [-0.15, -0.1) is 0 Å². The van der Waals surface area contributed by atoms with Crippen molar-refractivity contribution in [2.75, 3.05) is 19.7 Å². The Kier molecular flexibility index (Phi) is 5.76. The van der Waals surface area contributed by atoms with Crippen LogP contribution >= 0.6 is 15.9 Å². The predicted molar refractivity (Wildman–Crippen MR) is 103 cm³/mol. The van der Waals surface area contributed by atoms with Gasteiger partial charge in [-0.2, -0.15) is 0 Å². The molecule has 0 aliphatic carbocycles. The van der Waals surface area contributed by atoms with Crippen LogP contribution in [0.15, 0.2) is 46.9 Å². The Morgan fingerprint density at radius 3 is 2.59 bits per heavy atom. The Morgan fingerprint density at radius 2 is 1.85 bits per heavy atom. The van der Waals surface area contributed by atoms with Gasteiger partial charge in [0, 0.05) is 29.2 Å². The molecular formula is C21H22BrF2NO2. The molecule has 3 atom stereocenters. The zero-order valence-electron chi connectivity index (χ0n) is 14.9. The van der Waals surface area contributed by atoms with Gasteiger partial charge >= 0.3 is 0 Å². The molecule has 6 heteroatoms. The first-order valence-electron chi connectivity index (χ1n) is 9.31. The minimum atomic E-state index is -0.426. The summed E-state index contributed by atoms with van der Waals surface area (Å²) in [5.41, 5.74) is 0.325. The van der Waals surface area contributed by atoms with E-state index >= 15 is 0 Å². The van der Waals surface area contributed by atoms with Gasteiger partial charge in [-0.1, -0.05) is 15.9 Å². The molecule has 0 saturated carbocycles. The van der Waals surface area contributed by atoms with Crippen LogP contribution < -0.4 is 4.74 Å². The van der Waals surface area contributed by atoms with E-state index in [2.05, 4.69) is 20.8 Å². The van der Waals surface area contributed by atoms with E-state index in [1.165, 1.54) is 12.1 Å². The molecule has 2 aliphatic rings. The lowest BCUT2D eigenvalue weighted by Gasteiger charge is -2.35. The molecular weight excluding hydrogens is 416 g/mol. The number of nitrogens with zero attached hydrogens (tertiary/aromatic N) is 1. The highest BCUT2D eigenvalue weighted by molar-refractivity contribution is 9.10. The van der Waals surface area contributed by atoms with E-state index in [1.54, 1.807) is 0 Å². The van der Waals surface area contributed by atoms with E-state index in [0.717, 1.165) is 42.2 Å². The molecule has 0 spiro atoms. The molecule has 0 unspecified atom stereocenters. The van der Waals surface area contributed by atoms with Crippen LogP contribution in [0, 0.1) is 11.6 Å². The number of rotatable bonds is 4.